The fourth-order valence-corrected chi connectivity index (χ4v) is 2.01. The molecule has 0 radical (unpaired) electrons. The Hall–Kier alpha value is -2.03. The molecule has 1 unspecified atom stereocenters. The number of rotatable bonds is 5. The molecule has 2 rings (SSSR count). The lowest BCUT2D eigenvalue weighted by molar-refractivity contribution is 0.335. The average molecular weight is 259 g/mol. The third-order valence-electron chi connectivity index (χ3n) is 2.93. The van der Waals surface area contributed by atoms with E-state index in [-0.39, 0.29) is 11.9 Å². The highest BCUT2D eigenvalue weighted by Crippen LogP contribution is 2.28. The van der Waals surface area contributed by atoms with Crippen LogP contribution in [0.2, 0.25) is 0 Å². The van der Waals surface area contributed by atoms with Crippen molar-refractivity contribution in [2.75, 3.05) is 11.9 Å². The maximum atomic E-state index is 13.6. The lowest BCUT2D eigenvalue weighted by atomic mass is 10.1. The quantitative estimate of drug-likeness (QED) is 0.859. The van der Waals surface area contributed by atoms with E-state index in [1.165, 1.54) is 6.07 Å². The number of nitrogens with one attached hydrogen (secondary N) is 1. The fourth-order valence-electron chi connectivity index (χ4n) is 2.01. The third-order valence-corrected chi connectivity index (χ3v) is 2.93. The molecule has 0 aliphatic rings. The number of benzene rings is 2. The zero-order valence-electron chi connectivity index (χ0n) is 11.2. The molecule has 0 spiro atoms. The molecular weight excluding hydrogens is 241 g/mol. The summed E-state index contributed by atoms with van der Waals surface area (Å²) in [5, 5.41) is 3.17. The summed E-state index contributed by atoms with van der Waals surface area (Å²) in [6.45, 7) is 4.56. The summed E-state index contributed by atoms with van der Waals surface area (Å²) in [5.41, 5.74) is 1.52. The largest absolute Gasteiger partial charge is 0.494 e. The van der Waals surface area contributed by atoms with E-state index in [9.17, 15) is 4.39 Å². The lowest BCUT2D eigenvalue weighted by Crippen LogP contribution is -2.09. The van der Waals surface area contributed by atoms with E-state index in [2.05, 4.69) is 5.32 Å². The molecule has 1 atom stereocenters. The summed E-state index contributed by atoms with van der Waals surface area (Å²) in [6.07, 6.45) is 0. The Morgan fingerprint density at radius 1 is 1.11 bits per heavy atom. The van der Waals surface area contributed by atoms with Gasteiger partial charge in [0.15, 0.2) is 0 Å². The summed E-state index contributed by atoms with van der Waals surface area (Å²) in [4.78, 5) is 0. The van der Waals surface area contributed by atoms with Crippen molar-refractivity contribution >= 4 is 5.69 Å². The molecule has 0 aliphatic carbocycles. The molecule has 2 aromatic rings. The van der Waals surface area contributed by atoms with E-state index in [4.69, 9.17) is 4.74 Å². The van der Waals surface area contributed by atoms with E-state index in [1.54, 1.807) is 12.1 Å². The normalized spacial score (nSPS) is 11.9. The standard InChI is InChI=1S/C16H18FNO/c1-3-19-16-11-7-4-8-13(16)12(2)18-15-10-6-5-9-14(15)17/h4-12,18H,3H2,1-2H3. The molecule has 2 nitrogen and oxygen atoms in total. The van der Waals surface area contributed by atoms with Gasteiger partial charge in [0.05, 0.1) is 18.3 Å². The molecule has 0 amide bonds. The van der Waals surface area contributed by atoms with Crippen LogP contribution in [-0.4, -0.2) is 6.61 Å². The summed E-state index contributed by atoms with van der Waals surface area (Å²) in [6, 6.07) is 14.5. The van der Waals surface area contributed by atoms with Gasteiger partial charge in [0.2, 0.25) is 0 Å². The van der Waals surface area contributed by atoms with Crippen LogP contribution in [0.25, 0.3) is 0 Å². The predicted molar refractivity (Wildman–Crippen MR) is 76.0 cm³/mol. The van der Waals surface area contributed by atoms with Crippen molar-refractivity contribution in [3.63, 3.8) is 0 Å². The van der Waals surface area contributed by atoms with Crippen molar-refractivity contribution in [3.8, 4) is 5.75 Å². The van der Waals surface area contributed by atoms with E-state index < -0.39 is 0 Å². The minimum atomic E-state index is -0.247. The van der Waals surface area contributed by atoms with Crippen molar-refractivity contribution < 1.29 is 9.13 Å². The van der Waals surface area contributed by atoms with Gasteiger partial charge in [0.25, 0.3) is 0 Å². The van der Waals surface area contributed by atoms with Gasteiger partial charge >= 0.3 is 0 Å². The van der Waals surface area contributed by atoms with Crippen LogP contribution in [0.5, 0.6) is 5.75 Å². The van der Waals surface area contributed by atoms with Crippen LogP contribution in [0.4, 0.5) is 10.1 Å². The number of ether oxygens (including phenoxy) is 1. The zero-order chi connectivity index (χ0) is 13.7. The molecular formula is C16H18FNO. The number of halogens is 1. The van der Waals surface area contributed by atoms with Crippen LogP contribution >= 0.6 is 0 Å². The number of hydrogen-bond donors (Lipinski definition) is 1. The van der Waals surface area contributed by atoms with Gasteiger partial charge in [-0.05, 0) is 32.0 Å². The van der Waals surface area contributed by atoms with Crippen molar-refractivity contribution in [1.82, 2.24) is 0 Å². The maximum absolute atomic E-state index is 13.6. The van der Waals surface area contributed by atoms with Gasteiger partial charge in [-0.25, -0.2) is 4.39 Å². The van der Waals surface area contributed by atoms with Gasteiger partial charge in [-0.2, -0.15) is 0 Å². The predicted octanol–water partition coefficient (Wildman–Crippen LogP) is 4.40. The van der Waals surface area contributed by atoms with E-state index in [0.717, 1.165) is 11.3 Å². The van der Waals surface area contributed by atoms with E-state index >= 15 is 0 Å². The first-order valence-corrected chi connectivity index (χ1v) is 6.45. The lowest BCUT2D eigenvalue weighted by Gasteiger charge is -2.19. The molecule has 0 saturated heterocycles. The molecule has 1 N–H and O–H groups in total. The highest BCUT2D eigenvalue weighted by molar-refractivity contribution is 5.48. The summed E-state index contributed by atoms with van der Waals surface area (Å²) >= 11 is 0. The Kier molecular flexibility index (Phi) is 4.39. The van der Waals surface area contributed by atoms with Gasteiger partial charge in [-0.1, -0.05) is 30.3 Å². The third kappa shape index (κ3) is 3.25. The minimum Gasteiger partial charge on any atom is -0.494 e. The van der Waals surface area contributed by atoms with Crippen molar-refractivity contribution in [2.24, 2.45) is 0 Å². The molecule has 0 heterocycles. The molecule has 0 saturated carbocycles. The molecule has 2 aromatic carbocycles. The topological polar surface area (TPSA) is 21.3 Å². The molecule has 0 fully saturated rings. The maximum Gasteiger partial charge on any atom is 0.146 e. The summed E-state index contributed by atoms with van der Waals surface area (Å²) in [7, 11) is 0. The number of para-hydroxylation sites is 2. The molecule has 100 valence electrons. The second-order valence-corrected chi connectivity index (χ2v) is 4.32. The Morgan fingerprint density at radius 3 is 2.53 bits per heavy atom. The van der Waals surface area contributed by atoms with Gasteiger partial charge in [0.1, 0.15) is 11.6 Å². The first kappa shape index (κ1) is 13.4. The monoisotopic (exact) mass is 259 g/mol. The Morgan fingerprint density at radius 2 is 1.79 bits per heavy atom. The zero-order valence-corrected chi connectivity index (χ0v) is 11.2. The van der Waals surface area contributed by atoms with Crippen LogP contribution in [0, 0.1) is 5.82 Å². The van der Waals surface area contributed by atoms with Gasteiger partial charge in [0, 0.05) is 5.56 Å². The van der Waals surface area contributed by atoms with Gasteiger partial charge in [-0.15, -0.1) is 0 Å². The Balaban J connectivity index is 2.20. The molecule has 3 heteroatoms. The summed E-state index contributed by atoms with van der Waals surface area (Å²) in [5.74, 6) is 0.588. The van der Waals surface area contributed by atoms with Crippen molar-refractivity contribution in [2.45, 2.75) is 19.9 Å². The Bertz CT molecular complexity index is 542. The van der Waals surface area contributed by atoms with Crippen LogP contribution < -0.4 is 10.1 Å². The van der Waals surface area contributed by atoms with Gasteiger partial charge in [-0.3, -0.25) is 0 Å². The highest BCUT2D eigenvalue weighted by Gasteiger charge is 2.12. The van der Waals surface area contributed by atoms with Gasteiger partial charge < -0.3 is 10.1 Å². The smallest absolute Gasteiger partial charge is 0.146 e. The van der Waals surface area contributed by atoms with Crippen molar-refractivity contribution in [1.29, 1.82) is 0 Å². The summed E-state index contributed by atoms with van der Waals surface area (Å²) < 4.78 is 19.2. The number of hydrogen-bond acceptors (Lipinski definition) is 2. The second kappa shape index (κ2) is 6.23. The first-order valence-electron chi connectivity index (χ1n) is 6.45. The Labute approximate surface area is 113 Å². The first-order chi connectivity index (χ1) is 9.22. The highest BCUT2D eigenvalue weighted by atomic mass is 19.1. The van der Waals surface area contributed by atoms with Crippen molar-refractivity contribution in [3.05, 3.63) is 59.9 Å². The van der Waals surface area contributed by atoms with E-state index in [1.807, 2.05) is 44.2 Å². The van der Waals surface area contributed by atoms with Crippen LogP contribution in [0.15, 0.2) is 48.5 Å². The average Bonchev–Trinajstić information content (AvgIpc) is 2.42. The molecule has 0 aromatic heterocycles. The van der Waals surface area contributed by atoms with E-state index in [0.29, 0.717) is 12.3 Å². The van der Waals surface area contributed by atoms with Crippen LogP contribution in [-0.2, 0) is 0 Å². The number of anilines is 1. The fraction of sp³-hybridized carbons (Fsp3) is 0.250. The SMILES string of the molecule is CCOc1ccccc1C(C)Nc1ccccc1F. The molecule has 19 heavy (non-hydrogen) atoms. The second-order valence-electron chi connectivity index (χ2n) is 4.32. The molecule has 0 bridgehead atoms. The van der Waals surface area contributed by atoms with Crippen LogP contribution in [0.1, 0.15) is 25.5 Å². The minimum absolute atomic E-state index is 0.0281. The van der Waals surface area contributed by atoms with Crippen LogP contribution in [0.3, 0.4) is 0 Å². The molecule has 0 aliphatic heterocycles.